The molecule has 2 fully saturated rings. The highest BCUT2D eigenvalue weighted by atomic mass is 32.1. The fraction of sp³-hybridized carbons (Fsp3) is 0.545. The number of aromatic nitrogens is 1. The Balaban J connectivity index is 1.46. The Labute approximate surface area is 166 Å². The Bertz CT molecular complexity index is 777. The van der Waals surface area contributed by atoms with Crippen molar-refractivity contribution in [1.29, 1.82) is 0 Å². The van der Waals surface area contributed by atoms with Crippen molar-refractivity contribution < 1.29 is 4.79 Å². The van der Waals surface area contributed by atoms with Crippen LogP contribution in [0.2, 0.25) is 0 Å². The average Bonchev–Trinajstić information content (AvgIpc) is 3.43. The summed E-state index contributed by atoms with van der Waals surface area (Å²) in [7, 11) is 0. The number of thiazole rings is 1. The van der Waals surface area contributed by atoms with Crippen molar-refractivity contribution in [3.05, 3.63) is 40.9 Å². The number of likely N-dealkylation sites (tertiary alicyclic amines) is 2. The van der Waals surface area contributed by atoms with E-state index in [4.69, 9.17) is 0 Å². The van der Waals surface area contributed by atoms with E-state index in [2.05, 4.69) is 52.9 Å². The van der Waals surface area contributed by atoms with Gasteiger partial charge in [0.2, 0.25) is 0 Å². The largest absolute Gasteiger partial charge is 0.333 e. The van der Waals surface area contributed by atoms with E-state index in [9.17, 15) is 4.79 Å². The predicted molar refractivity (Wildman–Crippen MR) is 111 cm³/mol. The molecular formula is C22H29N3OS. The highest BCUT2D eigenvalue weighted by molar-refractivity contribution is 7.13. The molecule has 0 saturated carbocycles. The molecule has 0 N–H and O–H groups in total. The smallest absolute Gasteiger partial charge is 0.273 e. The Kier molecular flexibility index (Phi) is 5.60. The minimum Gasteiger partial charge on any atom is -0.333 e. The van der Waals surface area contributed by atoms with Crippen LogP contribution in [0.3, 0.4) is 0 Å². The lowest BCUT2D eigenvalue weighted by Gasteiger charge is -2.28. The van der Waals surface area contributed by atoms with Gasteiger partial charge in [-0.05, 0) is 50.3 Å². The van der Waals surface area contributed by atoms with Crippen LogP contribution in [0.15, 0.2) is 29.6 Å². The highest BCUT2D eigenvalue weighted by Gasteiger charge is 2.32. The van der Waals surface area contributed by atoms with Crippen LogP contribution >= 0.6 is 11.3 Å². The second kappa shape index (κ2) is 8.11. The van der Waals surface area contributed by atoms with Crippen LogP contribution in [-0.2, 0) is 0 Å². The van der Waals surface area contributed by atoms with Gasteiger partial charge in [0.15, 0.2) is 0 Å². The van der Waals surface area contributed by atoms with E-state index in [1.54, 1.807) is 11.3 Å². The van der Waals surface area contributed by atoms with Crippen LogP contribution in [-0.4, -0.2) is 52.9 Å². The van der Waals surface area contributed by atoms with Gasteiger partial charge in [-0.1, -0.05) is 38.1 Å². The molecule has 1 aromatic carbocycles. The van der Waals surface area contributed by atoms with Crippen LogP contribution in [0.1, 0.15) is 61.5 Å². The molecular weight excluding hydrogens is 354 g/mol. The minimum atomic E-state index is 0.109. The molecule has 2 aromatic rings. The molecule has 1 amide bonds. The summed E-state index contributed by atoms with van der Waals surface area (Å²) in [6.45, 7) is 8.66. The van der Waals surface area contributed by atoms with Crippen molar-refractivity contribution in [2.75, 3.05) is 26.2 Å². The molecule has 0 spiro atoms. The van der Waals surface area contributed by atoms with E-state index in [0.717, 1.165) is 36.5 Å². The van der Waals surface area contributed by atoms with Gasteiger partial charge in [-0.25, -0.2) is 4.98 Å². The summed E-state index contributed by atoms with van der Waals surface area (Å²) >= 11 is 1.57. The molecule has 1 aromatic heterocycles. The minimum absolute atomic E-state index is 0.109. The Hall–Kier alpha value is -1.72. The number of benzene rings is 1. The molecule has 2 aliphatic rings. The second-order valence-corrected chi connectivity index (χ2v) is 8.98. The number of hydrogen-bond acceptors (Lipinski definition) is 4. The van der Waals surface area contributed by atoms with Gasteiger partial charge in [0.25, 0.3) is 5.91 Å². The van der Waals surface area contributed by atoms with Gasteiger partial charge in [-0.2, -0.15) is 0 Å². The zero-order chi connectivity index (χ0) is 18.8. The average molecular weight is 384 g/mol. The fourth-order valence-corrected chi connectivity index (χ4v) is 5.02. The van der Waals surface area contributed by atoms with Crippen LogP contribution < -0.4 is 0 Å². The molecule has 27 heavy (non-hydrogen) atoms. The molecule has 3 heterocycles. The fourth-order valence-electron chi connectivity index (χ4n) is 4.22. The number of carbonyl (C=O) groups is 1. The van der Waals surface area contributed by atoms with Crippen LogP contribution in [0.5, 0.6) is 0 Å². The summed E-state index contributed by atoms with van der Waals surface area (Å²) < 4.78 is 0. The topological polar surface area (TPSA) is 36.4 Å². The number of amides is 1. The van der Waals surface area contributed by atoms with Crippen LogP contribution in [0.25, 0.3) is 10.6 Å². The first-order valence-electron chi connectivity index (χ1n) is 10.2. The first kappa shape index (κ1) is 18.6. The highest BCUT2D eigenvalue weighted by Crippen LogP contribution is 2.28. The van der Waals surface area contributed by atoms with Crippen molar-refractivity contribution in [3.63, 3.8) is 0 Å². The van der Waals surface area contributed by atoms with E-state index in [-0.39, 0.29) is 5.91 Å². The third kappa shape index (κ3) is 4.09. The van der Waals surface area contributed by atoms with Crippen molar-refractivity contribution in [2.45, 2.75) is 51.5 Å². The monoisotopic (exact) mass is 383 g/mol. The zero-order valence-corrected chi connectivity index (χ0v) is 17.2. The van der Waals surface area contributed by atoms with E-state index < -0.39 is 0 Å². The van der Waals surface area contributed by atoms with Crippen molar-refractivity contribution in [2.24, 2.45) is 0 Å². The lowest BCUT2D eigenvalue weighted by molar-refractivity contribution is 0.0703. The summed E-state index contributed by atoms with van der Waals surface area (Å²) in [6, 6.07) is 8.92. The SMILES string of the molecule is CC(C)c1ccc(-c2nc(C(=O)N3CCCC3CN3CCCC3)cs2)cc1. The van der Waals surface area contributed by atoms with Crippen LogP contribution in [0.4, 0.5) is 0 Å². The normalized spacial score (nSPS) is 20.7. The summed E-state index contributed by atoms with van der Waals surface area (Å²) in [4.78, 5) is 22.3. The molecule has 0 bridgehead atoms. The summed E-state index contributed by atoms with van der Waals surface area (Å²) in [5.41, 5.74) is 3.03. The standard InChI is InChI=1S/C22H29N3OS/c1-16(2)17-7-9-18(10-8-17)21-23-20(15-27-21)22(26)25-13-5-6-19(25)14-24-11-3-4-12-24/h7-10,15-16,19H,3-6,11-14H2,1-2H3. The molecule has 0 aliphatic carbocycles. The Morgan fingerprint density at radius 3 is 2.59 bits per heavy atom. The van der Waals surface area contributed by atoms with Gasteiger partial charge in [0.1, 0.15) is 10.7 Å². The molecule has 1 unspecified atom stereocenters. The molecule has 5 heteroatoms. The van der Waals surface area contributed by atoms with E-state index in [1.165, 1.54) is 31.5 Å². The van der Waals surface area contributed by atoms with Crippen molar-refractivity contribution in [1.82, 2.24) is 14.8 Å². The lowest BCUT2D eigenvalue weighted by atomic mass is 10.0. The number of nitrogens with zero attached hydrogens (tertiary/aromatic N) is 3. The van der Waals surface area contributed by atoms with Crippen molar-refractivity contribution >= 4 is 17.2 Å². The quantitative estimate of drug-likeness (QED) is 0.755. The lowest BCUT2D eigenvalue weighted by Crippen LogP contribution is -2.42. The van der Waals surface area contributed by atoms with E-state index in [1.807, 2.05) is 5.38 Å². The predicted octanol–water partition coefficient (Wildman–Crippen LogP) is 4.63. The first-order valence-corrected chi connectivity index (χ1v) is 11.1. The van der Waals surface area contributed by atoms with Gasteiger partial charge < -0.3 is 9.80 Å². The summed E-state index contributed by atoms with van der Waals surface area (Å²) in [5, 5.41) is 2.86. The Morgan fingerprint density at radius 1 is 1.15 bits per heavy atom. The second-order valence-electron chi connectivity index (χ2n) is 8.12. The number of carbonyl (C=O) groups excluding carboxylic acids is 1. The van der Waals surface area contributed by atoms with Gasteiger partial charge in [-0.15, -0.1) is 11.3 Å². The zero-order valence-electron chi connectivity index (χ0n) is 16.4. The first-order chi connectivity index (χ1) is 13.1. The third-order valence-electron chi connectivity index (χ3n) is 5.85. The third-order valence-corrected chi connectivity index (χ3v) is 6.74. The number of rotatable bonds is 5. The van der Waals surface area contributed by atoms with Gasteiger partial charge in [-0.3, -0.25) is 4.79 Å². The van der Waals surface area contributed by atoms with Gasteiger partial charge >= 0.3 is 0 Å². The van der Waals surface area contributed by atoms with Gasteiger partial charge in [0, 0.05) is 30.1 Å². The maximum Gasteiger partial charge on any atom is 0.273 e. The maximum atomic E-state index is 13.1. The molecule has 0 radical (unpaired) electrons. The maximum absolute atomic E-state index is 13.1. The van der Waals surface area contributed by atoms with E-state index in [0.29, 0.717) is 17.7 Å². The Morgan fingerprint density at radius 2 is 1.89 bits per heavy atom. The summed E-state index contributed by atoms with van der Waals surface area (Å²) in [6.07, 6.45) is 4.82. The molecule has 2 aliphatic heterocycles. The van der Waals surface area contributed by atoms with Gasteiger partial charge in [0.05, 0.1) is 0 Å². The van der Waals surface area contributed by atoms with Crippen molar-refractivity contribution in [3.8, 4) is 10.6 Å². The summed E-state index contributed by atoms with van der Waals surface area (Å²) in [5.74, 6) is 0.633. The molecule has 144 valence electrons. The molecule has 2 saturated heterocycles. The number of hydrogen-bond donors (Lipinski definition) is 0. The van der Waals surface area contributed by atoms with Crippen LogP contribution in [0, 0.1) is 0 Å². The van der Waals surface area contributed by atoms with E-state index >= 15 is 0 Å². The molecule has 4 nitrogen and oxygen atoms in total. The molecule has 4 rings (SSSR count). The molecule has 1 atom stereocenters.